The minimum atomic E-state index is -0.542. The summed E-state index contributed by atoms with van der Waals surface area (Å²) >= 11 is 0. The van der Waals surface area contributed by atoms with E-state index in [9.17, 15) is 14.7 Å². The van der Waals surface area contributed by atoms with Crippen molar-refractivity contribution in [1.82, 2.24) is 14.7 Å². The van der Waals surface area contributed by atoms with Crippen LogP contribution in [-0.4, -0.2) is 45.3 Å². The lowest BCUT2D eigenvalue weighted by molar-refractivity contribution is -0.135. The molecule has 8 heteroatoms. The molecule has 2 aromatic rings. The van der Waals surface area contributed by atoms with Gasteiger partial charge in [-0.25, -0.2) is 0 Å². The van der Waals surface area contributed by atoms with Gasteiger partial charge in [-0.2, -0.15) is 5.10 Å². The molecule has 8 nitrogen and oxygen atoms in total. The molecule has 0 spiro atoms. The monoisotopic (exact) mass is 370 g/mol. The molecule has 0 saturated carbocycles. The van der Waals surface area contributed by atoms with E-state index in [0.29, 0.717) is 36.6 Å². The summed E-state index contributed by atoms with van der Waals surface area (Å²) in [5.41, 5.74) is 3.99. The van der Waals surface area contributed by atoms with Gasteiger partial charge < -0.3 is 20.1 Å². The minimum Gasteiger partial charge on any atom is -0.497 e. The number of aryl methyl sites for hydroxylation is 1. The Hall–Kier alpha value is -2.87. The van der Waals surface area contributed by atoms with Crippen LogP contribution in [-0.2, 0) is 36.2 Å². The fourth-order valence-corrected chi connectivity index (χ4v) is 3.99. The van der Waals surface area contributed by atoms with Crippen molar-refractivity contribution in [2.75, 3.05) is 19.0 Å². The molecule has 0 bridgehead atoms. The van der Waals surface area contributed by atoms with Crippen molar-refractivity contribution in [1.29, 1.82) is 0 Å². The largest absolute Gasteiger partial charge is 0.497 e. The lowest BCUT2D eigenvalue weighted by Crippen LogP contribution is -2.41. The van der Waals surface area contributed by atoms with E-state index in [4.69, 9.17) is 4.74 Å². The van der Waals surface area contributed by atoms with Gasteiger partial charge in [-0.1, -0.05) is 0 Å². The first-order valence-electron chi connectivity index (χ1n) is 8.93. The van der Waals surface area contributed by atoms with Crippen molar-refractivity contribution >= 4 is 17.5 Å². The summed E-state index contributed by atoms with van der Waals surface area (Å²) < 4.78 is 7.06. The SMILES string of the molecule is COc1ccc2c(c1)[C@@H](C(=O)N1CCc3c(c(CO)nn3C)C1)CC(=O)N2. The predicted octanol–water partition coefficient (Wildman–Crippen LogP) is 0.932. The zero-order chi connectivity index (χ0) is 19.1. The van der Waals surface area contributed by atoms with Crippen molar-refractivity contribution in [2.24, 2.45) is 7.05 Å². The number of methoxy groups -OCH3 is 1. The van der Waals surface area contributed by atoms with Gasteiger partial charge in [0.15, 0.2) is 0 Å². The van der Waals surface area contributed by atoms with Crippen LogP contribution in [0, 0.1) is 0 Å². The molecular formula is C19H22N4O4. The zero-order valence-corrected chi connectivity index (χ0v) is 15.4. The summed E-state index contributed by atoms with van der Waals surface area (Å²) in [5.74, 6) is -0.142. The summed E-state index contributed by atoms with van der Waals surface area (Å²) in [6.45, 7) is 0.806. The van der Waals surface area contributed by atoms with Gasteiger partial charge in [0.05, 0.1) is 25.3 Å². The summed E-state index contributed by atoms with van der Waals surface area (Å²) in [6, 6.07) is 5.35. The van der Waals surface area contributed by atoms with Gasteiger partial charge in [-0.05, 0) is 23.8 Å². The van der Waals surface area contributed by atoms with Crippen LogP contribution in [0.2, 0.25) is 0 Å². The maximum absolute atomic E-state index is 13.3. The number of amides is 2. The van der Waals surface area contributed by atoms with Gasteiger partial charge in [0, 0.05) is 49.9 Å². The van der Waals surface area contributed by atoms with E-state index in [0.717, 1.165) is 16.8 Å². The second-order valence-electron chi connectivity index (χ2n) is 6.92. The molecule has 3 heterocycles. The van der Waals surface area contributed by atoms with Gasteiger partial charge in [-0.3, -0.25) is 14.3 Å². The lowest BCUT2D eigenvalue weighted by atomic mass is 9.88. The highest BCUT2D eigenvalue weighted by Gasteiger charge is 2.36. The average Bonchev–Trinajstić information content (AvgIpc) is 3.01. The number of nitrogens with one attached hydrogen (secondary N) is 1. The number of rotatable bonds is 3. The Morgan fingerprint density at radius 2 is 2.26 bits per heavy atom. The third-order valence-electron chi connectivity index (χ3n) is 5.38. The number of anilines is 1. The number of aliphatic hydroxyl groups excluding tert-OH is 1. The maximum Gasteiger partial charge on any atom is 0.231 e. The average molecular weight is 370 g/mol. The van der Waals surface area contributed by atoms with E-state index in [1.807, 2.05) is 13.1 Å². The molecule has 2 aliphatic heterocycles. The highest BCUT2D eigenvalue weighted by Crippen LogP contribution is 2.37. The van der Waals surface area contributed by atoms with Gasteiger partial charge in [0.1, 0.15) is 5.75 Å². The molecule has 2 aliphatic rings. The van der Waals surface area contributed by atoms with Crippen LogP contribution in [0.4, 0.5) is 5.69 Å². The van der Waals surface area contributed by atoms with Crippen LogP contribution in [0.3, 0.4) is 0 Å². The molecule has 27 heavy (non-hydrogen) atoms. The second-order valence-corrected chi connectivity index (χ2v) is 6.92. The maximum atomic E-state index is 13.3. The Morgan fingerprint density at radius 3 is 3.00 bits per heavy atom. The van der Waals surface area contributed by atoms with E-state index in [2.05, 4.69) is 10.4 Å². The number of ether oxygens (including phenoxy) is 1. The molecule has 0 radical (unpaired) electrons. The number of fused-ring (bicyclic) bond motifs is 2. The molecule has 1 atom stereocenters. The van der Waals surface area contributed by atoms with Crippen LogP contribution >= 0.6 is 0 Å². The van der Waals surface area contributed by atoms with Gasteiger partial charge >= 0.3 is 0 Å². The van der Waals surface area contributed by atoms with Crippen LogP contribution in [0.25, 0.3) is 0 Å². The van der Waals surface area contributed by atoms with Crippen LogP contribution in [0.5, 0.6) is 5.75 Å². The molecule has 142 valence electrons. The topological polar surface area (TPSA) is 96.7 Å². The normalized spacial score (nSPS) is 18.6. The van der Waals surface area contributed by atoms with Crippen molar-refractivity contribution < 1.29 is 19.4 Å². The van der Waals surface area contributed by atoms with E-state index >= 15 is 0 Å². The number of benzene rings is 1. The molecule has 1 aromatic heterocycles. The molecule has 2 N–H and O–H groups in total. The van der Waals surface area contributed by atoms with Crippen LogP contribution < -0.4 is 10.1 Å². The van der Waals surface area contributed by atoms with Crippen LogP contribution in [0.1, 0.15) is 34.9 Å². The Labute approximate surface area is 156 Å². The Morgan fingerprint density at radius 1 is 1.44 bits per heavy atom. The molecule has 1 aromatic carbocycles. The summed E-state index contributed by atoms with van der Waals surface area (Å²) in [5, 5.41) is 16.7. The van der Waals surface area contributed by atoms with E-state index < -0.39 is 5.92 Å². The standard InChI is InChI=1S/C19H22N4O4/c1-22-17-5-6-23(9-14(17)16(10-24)21-22)19(26)13-8-18(25)20-15-4-3-11(27-2)7-12(13)15/h3-4,7,13,24H,5-6,8-10H2,1-2H3,(H,20,25)/t13-/m0/s1. The second kappa shape index (κ2) is 6.70. The van der Waals surface area contributed by atoms with Crippen LogP contribution in [0.15, 0.2) is 18.2 Å². The third kappa shape index (κ3) is 2.95. The number of carbonyl (C=O) groups excluding carboxylic acids is 2. The first kappa shape index (κ1) is 17.5. The predicted molar refractivity (Wildman–Crippen MR) is 97.2 cm³/mol. The molecule has 0 fully saturated rings. The number of carbonyl (C=O) groups is 2. The first-order valence-corrected chi connectivity index (χ1v) is 8.93. The Balaban J connectivity index is 1.65. The van der Waals surface area contributed by atoms with Crippen molar-refractivity contribution in [3.8, 4) is 5.75 Å². The van der Waals surface area contributed by atoms with E-state index in [-0.39, 0.29) is 24.8 Å². The van der Waals surface area contributed by atoms with E-state index in [1.54, 1.807) is 28.8 Å². The summed E-state index contributed by atoms with van der Waals surface area (Å²) in [7, 11) is 3.43. The third-order valence-corrected chi connectivity index (χ3v) is 5.38. The lowest BCUT2D eigenvalue weighted by Gasteiger charge is -2.33. The van der Waals surface area contributed by atoms with Crippen molar-refractivity contribution in [3.63, 3.8) is 0 Å². The zero-order valence-electron chi connectivity index (χ0n) is 15.4. The molecule has 4 rings (SSSR count). The van der Waals surface area contributed by atoms with Crippen molar-refractivity contribution in [3.05, 3.63) is 40.7 Å². The highest BCUT2D eigenvalue weighted by atomic mass is 16.5. The highest BCUT2D eigenvalue weighted by molar-refractivity contribution is 6.01. The number of hydrogen-bond donors (Lipinski definition) is 2. The minimum absolute atomic E-state index is 0.0854. The Bertz CT molecular complexity index is 921. The summed E-state index contributed by atoms with van der Waals surface area (Å²) in [4.78, 5) is 27.2. The number of nitrogens with zero attached hydrogens (tertiary/aromatic N) is 3. The fraction of sp³-hybridized carbons (Fsp3) is 0.421. The first-order chi connectivity index (χ1) is 13.0. The molecule has 2 amide bonds. The van der Waals surface area contributed by atoms with Gasteiger partial charge in [0.2, 0.25) is 11.8 Å². The Kier molecular flexibility index (Phi) is 4.35. The molecule has 0 unspecified atom stereocenters. The summed E-state index contributed by atoms with van der Waals surface area (Å²) in [6.07, 6.45) is 0.788. The van der Waals surface area contributed by atoms with Gasteiger partial charge in [-0.15, -0.1) is 0 Å². The quantitative estimate of drug-likeness (QED) is 0.838. The smallest absolute Gasteiger partial charge is 0.231 e. The molecular weight excluding hydrogens is 348 g/mol. The van der Waals surface area contributed by atoms with Gasteiger partial charge in [0.25, 0.3) is 0 Å². The number of aliphatic hydroxyl groups is 1. The van der Waals surface area contributed by atoms with E-state index in [1.165, 1.54) is 0 Å². The number of aromatic nitrogens is 2. The van der Waals surface area contributed by atoms with Crippen molar-refractivity contribution in [2.45, 2.75) is 31.9 Å². The molecule has 0 saturated heterocycles. The molecule has 0 aliphatic carbocycles. The number of hydrogen-bond acceptors (Lipinski definition) is 5. The fourth-order valence-electron chi connectivity index (χ4n) is 3.99.